The molecule has 0 aliphatic rings. The summed E-state index contributed by atoms with van der Waals surface area (Å²) in [6.45, 7) is 0. The maximum absolute atomic E-state index is 12.6. The minimum Gasteiger partial charge on any atom is -0.423 e. The first-order chi connectivity index (χ1) is 19.9. The molecule has 4 aromatic rings. The van der Waals surface area contributed by atoms with Crippen LogP contribution in [0.3, 0.4) is 0 Å². The number of anilines is 4. The third kappa shape index (κ3) is 8.68. The van der Waals surface area contributed by atoms with Crippen molar-refractivity contribution >= 4 is 52.8 Å². The highest BCUT2D eigenvalue weighted by atomic mass is 16.5. The number of urea groups is 4. The van der Waals surface area contributed by atoms with Gasteiger partial charge in [0, 0.05) is 17.4 Å². The highest BCUT2D eigenvalue weighted by molar-refractivity contribution is 6.09. The number of rotatable bonds is 6. The number of amides is 8. The molecule has 12 heteroatoms. The molecule has 6 N–H and O–H groups in total. The number of para-hydroxylation sites is 2. The Morgan fingerprint density at radius 1 is 0.463 bits per heavy atom. The van der Waals surface area contributed by atoms with Crippen LogP contribution in [0, 0.1) is 0 Å². The van der Waals surface area contributed by atoms with E-state index in [0.29, 0.717) is 16.9 Å². The topological polar surface area (TPSA) is 167 Å². The molecule has 0 fully saturated rings. The van der Waals surface area contributed by atoms with E-state index in [1.54, 1.807) is 91.0 Å². The van der Waals surface area contributed by atoms with Gasteiger partial charge in [0.2, 0.25) is 0 Å². The quantitative estimate of drug-likeness (QED) is 0.134. The van der Waals surface area contributed by atoms with Crippen molar-refractivity contribution in [3.63, 3.8) is 0 Å². The monoisotopic (exact) mass is 552 g/mol. The van der Waals surface area contributed by atoms with Gasteiger partial charge in [-0.3, -0.25) is 10.6 Å². The molecule has 0 radical (unpaired) electrons. The summed E-state index contributed by atoms with van der Waals surface area (Å²) < 4.78 is 5.39. The third-order valence-electron chi connectivity index (χ3n) is 5.22. The predicted octanol–water partition coefficient (Wildman–Crippen LogP) is 5.61. The largest absolute Gasteiger partial charge is 0.423 e. The molecule has 0 unspecified atom stereocenters. The first-order valence-electron chi connectivity index (χ1n) is 12.1. The van der Waals surface area contributed by atoms with E-state index in [9.17, 15) is 24.0 Å². The molecule has 0 spiro atoms. The smallest absolute Gasteiger partial charge is 0.343 e. The van der Waals surface area contributed by atoms with Crippen molar-refractivity contribution in [2.24, 2.45) is 0 Å². The lowest BCUT2D eigenvalue weighted by Gasteiger charge is -2.15. The lowest BCUT2D eigenvalue weighted by Crippen LogP contribution is -2.39. The van der Waals surface area contributed by atoms with Crippen LogP contribution in [-0.2, 0) is 0 Å². The maximum atomic E-state index is 12.6. The molecule has 0 aliphatic carbocycles. The summed E-state index contributed by atoms with van der Waals surface area (Å²) in [6.07, 6.45) is 0. The third-order valence-corrected chi connectivity index (χ3v) is 5.22. The van der Waals surface area contributed by atoms with Gasteiger partial charge in [0.05, 0.1) is 16.9 Å². The second-order valence-electron chi connectivity index (χ2n) is 8.26. The van der Waals surface area contributed by atoms with Crippen LogP contribution >= 0.6 is 0 Å². The van der Waals surface area contributed by atoms with E-state index >= 15 is 0 Å². The molecular formula is C29H24N6O6. The fraction of sp³-hybridized carbons (Fsp3) is 0. The Morgan fingerprint density at radius 3 is 1.41 bits per heavy atom. The van der Waals surface area contributed by atoms with Gasteiger partial charge in [0.1, 0.15) is 5.75 Å². The fourth-order valence-electron chi connectivity index (χ4n) is 3.42. The maximum Gasteiger partial charge on any atom is 0.343 e. The van der Waals surface area contributed by atoms with Gasteiger partial charge in [0.25, 0.3) is 0 Å². The number of imide groups is 2. The van der Waals surface area contributed by atoms with Crippen LogP contribution in [0.2, 0.25) is 0 Å². The van der Waals surface area contributed by atoms with E-state index in [1.165, 1.54) is 18.2 Å². The number of ether oxygens (including phenoxy) is 1. The molecule has 0 atom stereocenters. The van der Waals surface area contributed by atoms with E-state index in [2.05, 4.69) is 31.9 Å². The molecule has 41 heavy (non-hydrogen) atoms. The number of hydrogen-bond donors (Lipinski definition) is 6. The lowest BCUT2D eigenvalue weighted by molar-refractivity contribution is 0.0734. The van der Waals surface area contributed by atoms with Gasteiger partial charge in [-0.15, -0.1) is 0 Å². The van der Waals surface area contributed by atoms with Gasteiger partial charge in [-0.05, 0) is 48.5 Å². The Kier molecular flexibility index (Phi) is 9.22. The lowest BCUT2D eigenvalue weighted by atomic mass is 10.2. The van der Waals surface area contributed by atoms with Gasteiger partial charge >= 0.3 is 30.1 Å². The van der Waals surface area contributed by atoms with Crippen LogP contribution in [0.4, 0.5) is 41.9 Å². The fourth-order valence-corrected chi connectivity index (χ4v) is 3.42. The average Bonchev–Trinajstić information content (AvgIpc) is 2.95. The van der Waals surface area contributed by atoms with Gasteiger partial charge in [-0.1, -0.05) is 54.6 Å². The highest BCUT2D eigenvalue weighted by Crippen LogP contribution is 2.28. The minimum absolute atomic E-state index is 0.0352. The Bertz CT molecular complexity index is 1550. The molecular weight excluding hydrogens is 528 g/mol. The van der Waals surface area contributed by atoms with Gasteiger partial charge in [-0.2, -0.15) is 0 Å². The number of carbonyl (C=O) groups excluding carboxylic acids is 5. The first-order valence-corrected chi connectivity index (χ1v) is 12.1. The summed E-state index contributed by atoms with van der Waals surface area (Å²) in [5, 5.41) is 14.1. The number of carbonyl (C=O) groups is 5. The second kappa shape index (κ2) is 13.6. The Balaban J connectivity index is 1.46. The van der Waals surface area contributed by atoms with Crippen molar-refractivity contribution in [2.45, 2.75) is 0 Å². The number of benzene rings is 4. The highest BCUT2D eigenvalue weighted by Gasteiger charge is 2.16. The molecule has 206 valence electrons. The van der Waals surface area contributed by atoms with Crippen LogP contribution in [-0.4, -0.2) is 30.1 Å². The molecule has 0 heterocycles. The summed E-state index contributed by atoms with van der Waals surface area (Å²) in [4.78, 5) is 62.1. The molecule has 12 nitrogen and oxygen atoms in total. The van der Waals surface area contributed by atoms with Crippen molar-refractivity contribution < 1.29 is 28.7 Å². The van der Waals surface area contributed by atoms with E-state index < -0.39 is 30.1 Å². The van der Waals surface area contributed by atoms with E-state index in [0.717, 1.165) is 0 Å². The van der Waals surface area contributed by atoms with Crippen molar-refractivity contribution in [3.8, 4) is 5.75 Å². The summed E-state index contributed by atoms with van der Waals surface area (Å²) >= 11 is 0. The number of esters is 1. The Labute approximate surface area is 234 Å². The minimum atomic E-state index is -0.949. The predicted molar refractivity (Wildman–Crippen MR) is 153 cm³/mol. The van der Waals surface area contributed by atoms with Crippen molar-refractivity contribution in [1.82, 2.24) is 10.6 Å². The van der Waals surface area contributed by atoms with Gasteiger partial charge < -0.3 is 26.0 Å². The molecule has 4 rings (SSSR count). The van der Waals surface area contributed by atoms with E-state index in [4.69, 9.17) is 4.74 Å². The summed E-state index contributed by atoms with van der Waals surface area (Å²) in [6, 6.07) is 25.7. The van der Waals surface area contributed by atoms with Crippen molar-refractivity contribution in [2.75, 3.05) is 21.3 Å². The van der Waals surface area contributed by atoms with Gasteiger partial charge in [0.15, 0.2) is 0 Å². The van der Waals surface area contributed by atoms with Crippen LogP contribution < -0.4 is 36.6 Å². The van der Waals surface area contributed by atoms with Crippen LogP contribution in [0.1, 0.15) is 10.4 Å². The molecule has 0 saturated carbocycles. The average molecular weight is 553 g/mol. The molecule has 4 aromatic carbocycles. The Morgan fingerprint density at radius 2 is 0.902 bits per heavy atom. The SMILES string of the molecule is O=C(NC(=O)Nc1ccc(OC(=O)c2ccccc2)cc1NC(=O)NC(=O)Nc1ccccc1)Nc1ccccc1. The van der Waals surface area contributed by atoms with Crippen LogP contribution in [0.5, 0.6) is 5.75 Å². The number of nitrogens with one attached hydrogen (secondary N) is 6. The standard InChI is InChI=1S/C29H24N6O6/c36-25(19-10-4-1-5-11-19)41-22-16-17-23(32-28(39)34-26(37)30-20-12-6-2-7-13-20)24(18-22)33-29(40)35-27(38)31-21-14-8-3-9-15-21/h1-18H,(H3,30,32,34,37,39)(H3,31,33,35,38,40). The second-order valence-corrected chi connectivity index (χ2v) is 8.26. The molecule has 0 bridgehead atoms. The first kappa shape index (κ1) is 27.9. The molecule has 8 amide bonds. The molecule has 0 aromatic heterocycles. The summed E-state index contributed by atoms with van der Waals surface area (Å²) in [7, 11) is 0. The van der Waals surface area contributed by atoms with Crippen molar-refractivity contribution in [1.29, 1.82) is 0 Å². The zero-order valence-corrected chi connectivity index (χ0v) is 21.3. The summed E-state index contributed by atoms with van der Waals surface area (Å²) in [5.74, 6) is -0.616. The Hall–Kier alpha value is -6.17. The zero-order valence-electron chi connectivity index (χ0n) is 21.3. The zero-order chi connectivity index (χ0) is 29.0. The van der Waals surface area contributed by atoms with E-state index in [1.807, 2.05) is 0 Å². The van der Waals surface area contributed by atoms with Crippen LogP contribution in [0.15, 0.2) is 109 Å². The molecule has 0 aliphatic heterocycles. The molecule has 0 saturated heterocycles. The van der Waals surface area contributed by atoms with E-state index in [-0.39, 0.29) is 17.1 Å². The van der Waals surface area contributed by atoms with Crippen LogP contribution in [0.25, 0.3) is 0 Å². The van der Waals surface area contributed by atoms with Crippen molar-refractivity contribution in [3.05, 3.63) is 115 Å². The van der Waals surface area contributed by atoms with Gasteiger partial charge in [-0.25, -0.2) is 24.0 Å². The summed E-state index contributed by atoms with van der Waals surface area (Å²) in [5.41, 5.74) is 1.22. The number of hydrogen-bond acceptors (Lipinski definition) is 6. The normalized spacial score (nSPS) is 9.95.